The average molecular weight is 363 g/mol. The molecule has 27 heavy (non-hydrogen) atoms. The highest BCUT2D eigenvalue weighted by Crippen LogP contribution is 2.54. The summed E-state index contributed by atoms with van der Waals surface area (Å²) in [5.41, 5.74) is 3.04. The normalized spacial score (nSPS) is 23.5. The molecule has 0 N–H and O–H groups in total. The maximum atomic E-state index is 12.5. The summed E-state index contributed by atoms with van der Waals surface area (Å²) in [4.78, 5) is 27.1. The number of hydrogen-bond donors (Lipinski definition) is 0. The Morgan fingerprint density at radius 2 is 1.41 bits per heavy atom. The number of hydrogen-bond acceptors (Lipinski definition) is 5. The van der Waals surface area contributed by atoms with Crippen LogP contribution >= 0.6 is 0 Å². The third-order valence-corrected chi connectivity index (χ3v) is 5.50. The van der Waals surface area contributed by atoms with Crippen molar-refractivity contribution in [3.05, 3.63) is 77.4 Å². The average Bonchev–Trinajstić information content (AvgIpc) is 3.03. The zero-order chi connectivity index (χ0) is 19.0. The molecule has 0 amide bonds. The molecular formula is C22H21NO4. The maximum absolute atomic E-state index is 12.5. The van der Waals surface area contributed by atoms with Gasteiger partial charge in [-0.15, -0.1) is 0 Å². The van der Waals surface area contributed by atoms with Gasteiger partial charge in [0.1, 0.15) is 0 Å². The number of carbonyl (C=O) groups is 2. The Bertz CT molecular complexity index is 891. The first-order valence-corrected chi connectivity index (χ1v) is 8.96. The molecule has 0 saturated carbocycles. The lowest BCUT2D eigenvalue weighted by molar-refractivity contribution is -0.141. The van der Waals surface area contributed by atoms with E-state index in [9.17, 15) is 9.59 Å². The largest absolute Gasteiger partial charge is 0.466 e. The fourth-order valence-electron chi connectivity index (χ4n) is 4.37. The minimum absolute atomic E-state index is 0.0584. The first-order chi connectivity index (χ1) is 13.2. The van der Waals surface area contributed by atoms with Gasteiger partial charge >= 0.3 is 11.9 Å². The lowest BCUT2D eigenvalue weighted by Gasteiger charge is -2.40. The molecule has 0 aromatic heterocycles. The van der Waals surface area contributed by atoms with Gasteiger partial charge in [-0.3, -0.25) is 0 Å². The third-order valence-electron chi connectivity index (χ3n) is 5.50. The fourth-order valence-corrected chi connectivity index (χ4v) is 4.37. The number of anilines is 1. The Balaban J connectivity index is 1.82. The van der Waals surface area contributed by atoms with Crippen molar-refractivity contribution in [1.29, 1.82) is 0 Å². The van der Waals surface area contributed by atoms with Crippen molar-refractivity contribution in [2.24, 2.45) is 5.92 Å². The summed E-state index contributed by atoms with van der Waals surface area (Å²) in [6, 6.07) is 20.0. The van der Waals surface area contributed by atoms with E-state index in [1.807, 2.05) is 48.5 Å². The minimum atomic E-state index is -0.466. The molecule has 0 bridgehead atoms. The van der Waals surface area contributed by atoms with Crippen LogP contribution in [0, 0.1) is 5.92 Å². The van der Waals surface area contributed by atoms with Gasteiger partial charge in [0.2, 0.25) is 0 Å². The van der Waals surface area contributed by atoms with E-state index < -0.39 is 11.9 Å². The summed E-state index contributed by atoms with van der Waals surface area (Å²) in [6.07, 6.45) is 0.745. The number of rotatable bonds is 4. The molecule has 2 aromatic rings. The van der Waals surface area contributed by atoms with Crippen LogP contribution in [-0.2, 0) is 19.1 Å². The fraction of sp³-hybridized carbons (Fsp3) is 0.273. The summed E-state index contributed by atoms with van der Waals surface area (Å²) >= 11 is 0. The first-order valence-electron chi connectivity index (χ1n) is 8.96. The van der Waals surface area contributed by atoms with Crippen molar-refractivity contribution < 1.29 is 19.1 Å². The summed E-state index contributed by atoms with van der Waals surface area (Å²) in [5, 5.41) is 0. The first kappa shape index (κ1) is 17.3. The number of nitrogens with zero attached hydrogens (tertiary/aromatic N) is 1. The third kappa shape index (κ3) is 2.70. The molecule has 4 rings (SSSR count). The van der Waals surface area contributed by atoms with Crippen molar-refractivity contribution in [1.82, 2.24) is 0 Å². The molecule has 1 heterocycles. The van der Waals surface area contributed by atoms with Gasteiger partial charge in [-0.25, -0.2) is 9.59 Å². The second-order valence-corrected chi connectivity index (χ2v) is 6.77. The van der Waals surface area contributed by atoms with Crippen molar-refractivity contribution in [3.8, 4) is 0 Å². The molecule has 2 aromatic carbocycles. The molecule has 1 aliphatic heterocycles. The Labute approximate surface area is 158 Å². The monoisotopic (exact) mass is 363 g/mol. The van der Waals surface area contributed by atoms with Crippen LogP contribution in [0.2, 0.25) is 0 Å². The van der Waals surface area contributed by atoms with E-state index in [1.54, 1.807) is 0 Å². The number of para-hydroxylation sites is 1. The lowest BCUT2D eigenvalue weighted by atomic mass is 9.72. The van der Waals surface area contributed by atoms with Gasteiger partial charge in [0, 0.05) is 11.6 Å². The van der Waals surface area contributed by atoms with Crippen LogP contribution in [0.15, 0.2) is 71.8 Å². The predicted octanol–water partition coefficient (Wildman–Crippen LogP) is 3.28. The van der Waals surface area contributed by atoms with Crippen LogP contribution in [0.25, 0.3) is 0 Å². The number of methoxy groups -OCH3 is 2. The molecule has 0 spiro atoms. The van der Waals surface area contributed by atoms with E-state index in [2.05, 4.69) is 17.0 Å². The Hall–Kier alpha value is -3.08. The molecule has 138 valence electrons. The van der Waals surface area contributed by atoms with Gasteiger partial charge in [-0.2, -0.15) is 0 Å². The highest BCUT2D eigenvalue weighted by atomic mass is 16.5. The molecule has 0 unspecified atom stereocenters. The minimum Gasteiger partial charge on any atom is -0.466 e. The predicted molar refractivity (Wildman–Crippen MR) is 101 cm³/mol. The van der Waals surface area contributed by atoms with Crippen LogP contribution in [0.1, 0.15) is 18.0 Å². The lowest BCUT2D eigenvalue weighted by Crippen LogP contribution is -2.48. The molecule has 1 aliphatic carbocycles. The van der Waals surface area contributed by atoms with Crippen molar-refractivity contribution in [3.63, 3.8) is 0 Å². The maximum Gasteiger partial charge on any atom is 0.336 e. The topological polar surface area (TPSA) is 55.8 Å². The summed E-state index contributed by atoms with van der Waals surface area (Å²) in [5.74, 6) is -0.971. The zero-order valence-electron chi connectivity index (χ0n) is 15.3. The second kappa shape index (κ2) is 6.91. The molecule has 1 saturated heterocycles. The van der Waals surface area contributed by atoms with Crippen LogP contribution < -0.4 is 4.90 Å². The molecule has 0 radical (unpaired) electrons. The zero-order valence-corrected chi connectivity index (χ0v) is 15.3. The van der Waals surface area contributed by atoms with Crippen LogP contribution in [-0.4, -0.2) is 32.2 Å². The van der Waals surface area contributed by atoms with Gasteiger partial charge in [-0.05, 0) is 24.1 Å². The highest BCUT2D eigenvalue weighted by Gasteiger charge is 2.57. The van der Waals surface area contributed by atoms with Gasteiger partial charge in [0.05, 0.1) is 37.4 Å². The van der Waals surface area contributed by atoms with Gasteiger partial charge in [-0.1, -0.05) is 48.5 Å². The van der Waals surface area contributed by atoms with E-state index in [0.717, 1.165) is 17.7 Å². The highest BCUT2D eigenvalue weighted by molar-refractivity contribution is 6.06. The van der Waals surface area contributed by atoms with E-state index in [0.29, 0.717) is 11.1 Å². The van der Waals surface area contributed by atoms with E-state index in [1.165, 1.54) is 14.2 Å². The van der Waals surface area contributed by atoms with Gasteiger partial charge in [0.25, 0.3) is 0 Å². The quantitative estimate of drug-likeness (QED) is 0.781. The number of carbonyl (C=O) groups excluding carboxylic acids is 2. The summed E-state index contributed by atoms with van der Waals surface area (Å²) < 4.78 is 9.93. The number of benzene rings is 2. The van der Waals surface area contributed by atoms with Crippen LogP contribution in [0.5, 0.6) is 0 Å². The molecular weight excluding hydrogens is 342 g/mol. The van der Waals surface area contributed by atoms with Crippen molar-refractivity contribution >= 4 is 17.6 Å². The Kier molecular flexibility index (Phi) is 4.44. The number of fused-ring (bicyclic) bond motifs is 1. The standard InChI is InChI=1S/C22H21NO4/c1-26-21(24)18-16-13-17(14-9-5-3-6-10-14)23(15-11-7-4-8-12-15)20(16)19(18)22(25)27-2/h3-12,16-17,20H,13H2,1-2H3/t16-,17-,20-/m0/s1. The molecule has 3 atom stereocenters. The Morgan fingerprint density at radius 1 is 0.852 bits per heavy atom. The van der Waals surface area contributed by atoms with E-state index in [-0.39, 0.29) is 18.0 Å². The van der Waals surface area contributed by atoms with Crippen LogP contribution in [0.4, 0.5) is 5.69 Å². The second-order valence-electron chi connectivity index (χ2n) is 6.77. The summed E-state index contributed by atoms with van der Waals surface area (Å²) in [7, 11) is 2.68. The molecule has 1 fully saturated rings. The van der Waals surface area contributed by atoms with Crippen molar-refractivity contribution in [2.45, 2.75) is 18.5 Å². The molecule has 5 nitrogen and oxygen atoms in total. The van der Waals surface area contributed by atoms with Gasteiger partial charge < -0.3 is 14.4 Å². The Morgan fingerprint density at radius 3 is 2.00 bits per heavy atom. The van der Waals surface area contributed by atoms with E-state index in [4.69, 9.17) is 9.47 Å². The van der Waals surface area contributed by atoms with Gasteiger partial charge in [0.15, 0.2) is 0 Å². The molecule has 5 heteroatoms. The molecule has 2 aliphatic rings. The SMILES string of the molecule is COC(=O)C1=C(C(=O)OC)[C@@H]2C[C@@H](c3ccccc3)N(c3ccccc3)[C@H]12. The number of ether oxygens (including phenoxy) is 2. The van der Waals surface area contributed by atoms with Crippen LogP contribution in [0.3, 0.4) is 0 Å². The van der Waals surface area contributed by atoms with E-state index >= 15 is 0 Å². The summed E-state index contributed by atoms with van der Waals surface area (Å²) in [6.45, 7) is 0. The van der Waals surface area contributed by atoms with Crippen molar-refractivity contribution in [2.75, 3.05) is 19.1 Å². The number of esters is 2. The smallest absolute Gasteiger partial charge is 0.336 e.